The van der Waals surface area contributed by atoms with Gasteiger partial charge in [0.15, 0.2) is 22.7 Å². The molecule has 1 atom stereocenters. The van der Waals surface area contributed by atoms with E-state index in [4.69, 9.17) is 23.8 Å². The van der Waals surface area contributed by atoms with E-state index in [1.165, 1.54) is 17.6 Å². The maximum Gasteiger partial charge on any atom is 0.337 e. The van der Waals surface area contributed by atoms with Gasteiger partial charge in [-0.1, -0.05) is 0 Å². The van der Waals surface area contributed by atoms with Gasteiger partial charge in [-0.3, -0.25) is 4.90 Å². The molecule has 3 aromatic heterocycles. The van der Waals surface area contributed by atoms with Crippen LogP contribution in [0, 0.1) is 19.7 Å². The number of pyridine rings is 1. The van der Waals surface area contributed by atoms with Crippen molar-refractivity contribution in [2.45, 2.75) is 79.1 Å². The fourth-order valence-electron chi connectivity index (χ4n) is 6.66. The van der Waals surface area contributed by atoms with Gasteiger partial charge in [0.2, 0.25) is 5.95 Å². The van der Waals surface area contributed by atoms with Crippen molar-refractivity contribution in [2.75, 3.05) is 37.7 Å². The molecule has 0 saturated carbocycles. The third kappa shape index (κ3) is 5.86. The van der Waals surface area contributed by atoms with Crippen LogP contribution < -0.4 is 9.64 Å². The van der Waals surface area contributed by atoms with Crippen LogP contribution in [0.2, 0.25) is 0 Å². The lowest BCUT2D eigenvalue weighted by atomic mass is 9.86. The van der Waals surface area contributed by atoms with Crippen molar-refractivity contribution in [1.82, 2.24) is 23.8 Å². The Balaban J connectivity index is 1.54. The van der Waals surface area contributed by atoms with Gasteiger partial charge in [0.25, 0.3) is 0 Å². The van der Waals surface area contributed by atoms with E-state index in [0.29, 0.717) is 58.4 Å². The van der Waals surface area contributed by atoms with Gasteiger partial charge >= 0.3 is 5.97 Å². The molecule has 5 heterocycles. The van der Waals surface area contributed by atoms with Crippen molar-refractivity contribution < 1.29 is 23.8 Å². The molecular weight excluding hydrogens is 607 g/mol. The molecular formula is C34H43FN6O4S. The van der Waals surface area contributed by atoms with Crippen LogP contribution in [0.25, 0.3) is 32.9 Å². The molecule has 0 bridgehead atoms. The van der Waals surface area contributed by atoms with Crippen LogP contribution in [-0.2, 0) is 23.0 Å². The number of benzene rings is 1. The number of aryl methyl sites for hydroxylation is 2. The Morgan fingerprint density at radius 3 is 2.50 bits per heavy atom. The summed E-state index contributed by atoms with van der Waals surface area (Å²) < 4.78 is 34.3. The number of aliphatic carboxylic acids is 1. The number of halogens is 1. The zero-order valence-electron chi connectivity index (χ0n) is 27.9. The first-order valence-electron chi connectivity index (χ1n) is 15.9. The summed E-state index contributed by atoms with van der Waals surface area (Å²) in [5.74, 6) is -0.616. The number of hydrogen-bond donors (Lipinski definition) is 1. The van der Waals surface area contributed by atoms with Crippen molar-refractivity contribution in [3.63, 3.8) is 0 Å². The molecule has 46 heavy (non-hydrogen) atoms. The summed E-state index contributed by atoms with van der Waals surface area (Å²) in [5.41, 5.74) is 4.45. The number of aromatic nitrogens is 4. The molecule has 1 N–H and O–H groups in total. The van der Waals surface area contributed by atoms with Crippen LogP contribution in [0.5, 0.6) is 5.75 Å². The molecule has 2 aliphatic heterocycles. The number of carboxylic acid groups (broad SMARTS) is 1. The van der Waals surface area contributed by atoms with Gasteiger partial charge in [0, 0.05) is 67.0 Å². The topological polar surface area (TPSA) is 106 Å². The fraction of sp³-hybridized carbons (Fsp3) is 0.529. The average molecular weight is 651 g/mol. The highest BCUT2D eigenvalue weighted by atomic mass is 32.1. The largest absolute Gasteiger partial charge is 0.490 e. The van der Waals surface area contributed by atoms with Crippen molar-refractivity contribution in [3.05, 3.63) is 40.3 Å². The summed E-state index contributed by atoms with van der Waals surface area (Å²) in [6.45, 7) is 17.7. The monoisotopic (exact) mass is 650 g/mol. The number of ether oxygens (including phenoxy) is 2. The van der Waals surface area contributed by atoms with Gasteiger partial charge in [-0.15, -0.1) is 0 Å². The lowest BCUT2D eigenvalue weighted by molar-refractivity contribution is -0.160. The number of hydrogen-bond acceptors (Lipinski definition) is 9. The van der Waals surface area contributed by atoms with Crippen LogP contribution >= 0.6 is 11.5 Å². The second-order valence-corrected chi connectivity index (χ2v) is 14.3. The van der Waals surface area contributed by atoms with Crippen molar-refractivity contribution in [2.24, 2.45) is 7.05 Å². The highest BCUT2D eigenvalue weighted by molar-refractivity contribution is 7.09. The van der Waals surface area contributed by atoms with Crippen LogP contribution in [0.3, 0.4) is 0 Å². The summed E-state index contributed by atoms with van der Waals surface area (Å²) >= 11 is 1.33. The first kappa shape index (κ1) is 32.3. The minimum absolute atomic E-state index is 0.279. The molecule has 1 saturated heterocycles. The summed E-state index contributed by atoms with van der Waals surface area (Å²) in [4.78, 5) is 27.4. The molecule has 0 radical (unpaired) electrons. The minimum atomic E-state index is -1.33. The zero-order valence-corrected chi connectivity index (χ0v) is 28.7. The molecule has 10 nitrogen and oxygen atoms in total. The van der Waals surface area contributed by atoms with Crippen LogP contribution in [0.4, 0.5) is 10.3 Å². The lowest BCUT2D eigenvalue weighted by Crippen LogP contribution is -2.49. The Morgan fingerprint density at radius 2 is 1.85 bits per heavy atom. The Labute approximate surface area is 273 Å². The molecule has 0 aliphatic carbocycles. The average Bonchev–Trinajstić information content (AvgIpc) is 3.62. The van der Waals surface area contributed by atoms with Gasteiger partial charge in [-0.25, -0.2) is 14.2 Å². The van der Waals surface area contributed by atoms with E-state index in [1.54, 1.807) is 6.92 Å². The highest BCUT2D eigenvalue weighted by Crippen LogP contribution is 2.45. The third-order valence-corrected chi connectivity index (χ3v) is 9.76. The van der Waals surface area contributed by atoms with Crippen LogP contribution in [0.15, 0.2) is 12.1 Å². The fourth-order valence-corrected chi connectivity index (χ4v) is 7.40. The second-order valence-electron chi connectivity index (χ2n) is 13.6. The van der Waals surface area contributed by atoms with Crippen molar-refractivity contribution >= 4 is 34.5 Å². The number of piperazine rings is 1. The maximum atomic E-state index is 15.7. The van der Waals surface area contributed by atoms with E-state index in [9.17, 15) is 9.90 Å². The first-order chi connectivity index (χ1) is 21.7. The van der Waals surface area contributed by atoms with Crippen LogP contribution in [-0.4, -0.2) is 79.3 Å². The Kier molecular flexibility index (Phi) is 8.58. The maximum absolute atomic E-state index is 15.7. The SMILES string of the molecule is Cc1nc2c(cc(-c3nc(N4CCN(C(C)C)CC4)ns3)n2C)c(-c2cc(F)c3c(c2C)CCCO3)c1[C@H](OC(C)(C)C)C(=O)O. The van der Waals surface area contributed by atoms with Gasteiger partial charge in [0.05, 0.1) is 17.9 Å². The molecule has 2 aliphatic rings. The number of nitrogens with zero attached hydrogens (tertiary/aromatic N) is 6. The molecule has 246 valence electrons. The van der Waals surface area contributed by atoms with E-state index >= 15 is 4.39 Å². The van der Waals surface area contributed by atoms with E-state index in [0.717, 1.165) is 54.4 Å². The predicted octanol–water partition coefficient (Wildman–Crippen LogP) is 6.31. The summed E-state index contributed by atoms with van der Waals surface area (Å²) in [5, 5.41) is 11.9. The molecule has 12 heteroatoms. The quantitative estimate of drug-likeness (QED) is 0.246. The number of fused-ring (bicyclic) bond motifs is 2. The van der Waals surface area contributed by atoms with E-state index < -0.39 is 23.5 Å². The molecule has 1 aromatic carbocycles. The van der Waals surface area contributed by atoms with Gasteiger partial charge in [-0.2, -0.15) is 9.36 Å². The second kappa shape index (κ2) is 12.2. The highest BCUT2D eigenvalue weighted by Gasteiger charge is 2.35. The van der Waals surface area contributed by atoms with Gasteiger partial charge in [-0.05, 0) is 96.1 Å². The summed E-state index contributed by atoms with van der Waals surface area (Å²) in [6, 6.07) is 3.95. The van der Waals surface area contributed by atoms with Crippen molar-refractivity contribution in [3.8, 4) is 27.6 Å². The number of rotatable bonds is 7. The number of carboxylic acids is 1. The molecule has 0 spiro atoms. The third-order valence-electron chi connectivity index (χ3n) is 9.03. The molecule has 0 unspecified atom stereocenters. The van der Waals surface area contributed by atoms with Gasteiger partial charge < -0.3 is 24.0 Å². The summed E-state index contributed by atoms with van der Waals surface area (Å²) in [7, 11) is 1.92. The minimum Gasteiger partial charge on any atom is -0.490 e. The smallest absolute Gasteiger partial charge is 0.337 e. The van der Waals surface area contributed by atoms with E-state index in [1.807, 2.05) is 45.4 Å². The molecule has 1 fully saturated rings. The van der Waals surface area contributed by atoms with E-state index in [2.05, 4.69) is 23.6 Å². The normalized spacial score (nSPS) is 16.6. The molecule has 4 aromatic rings. The number of carbonyl (C=O) groups is 1. The molecule has 0 amide bonds. The van der Waals surface area contributed by atoms with Gasteiger partial charge in [0.1, 0.15) is 5.65 Å². The Hall–Kier alpha value is -3.61. The first-order valence-corrected chi connectivity index (χ1v) is 16.7. The van der Waals surface area contributed by atoms with Crippen LogP contribution in [0.1, 0.15) is 69.5 Å². The Morgan fingerprint density at radius 1 is 1.13 bits per heavy atom. The number of anilines is 1. The lowest BCUT2D eigenvalue weighted by Gasteiger charge is -2.36. The van der Waals surface area contributed by atoms with Crippen molar-refractivity contribution in [1.29, 1.82) is 0 Å². The standard InChI is InChI=1S/C34H43FN6O4S/c1-18(2)40-11-13-41(14-12-40)33-37-31(46-38-33)25-17-23-27(22-16-24(35)28-21(19(22)3)10-9-15-44-28)26(20(4)36-30(23)39(25)8)29(32(42)43)45-34(5,6)7/h16-18,29H,9-15H2,1-8H3,(H,42,43)/t29-/m0/s1. The molecule has 6 rings (SSSR count). The Bertz CT molecular complexity index is 1800. The summed E-state index contributed by atoms with van der Waals surface area (Å²) in [6.07, 6.45) is 0.123. The van der Waals surface area contributed by atoms with E-state index in [-0.39, 0.29) is 5.75 Å². The predicted molar refractivity (Wildman–Crippen MR) is 178 cm³/mol. The zero-order chi connectivity index (χ0) is 33.1.